The van der Waals surface area contributed by atoms with Gasteiger partial charge in [-0.3, -0.25) is 4.79 Å². The number of aliphatic hydroxyl groups excluding tert-OH is 1. The molecule has 0 saturated carbocycles. The Labute approximate surface area is 107 Å². The van der Waals surface area contributed by atoms with Crippen LogP contribution in [0.2, 0.25) is 0 Å². The summed E-state index contributed by atoms with van der Waals surface area (Å²) < 4.78 is 5.77. The van der Waals surface area contributed by atoms with E-state index >= 15 is 0 Å². The Hall–Kier alpha value is 0.610. The third kappa shape index (κ3) is 2.81. The minimum atomic E-state index is -0.597. The minimum absolute atomic E-state index is 0.152. The van der Waals surface area contributed by atoms with Crippen LogP contribution in [0.15, 0.2) is 10.6 Å². The molecule has 1 N–H and O–H groups in total. The Balaban J connectivity index is 2.83. The van der Waals surface area contributed by atoms with Gasteiger partial charge in [0.25, 0.3) is 0 Å². The fourth-order valence-electron chi connectivity index (χ4n) is 1.16. The Morgan fingerprint density at radius 2 is 2.07 bits per heavy atom. The van der Waals surface area contributed by atoms with Crippen LogP contribution in [0.4, 0.5) is 0 Å². The molecule has 3 nitrogen and oxygen atoms in total. The van der Waals surface area contributed by atoms with Gasteiger partial charge in [0.05, 0.1) is 15.8 Å². The number of aliphatic hydroxyl groups is 1. The van der Waals surface area contributed by atoms with Gasteiger partial charge < -0.3 is 9.84 Å². The Kier molecular flexibility index (Phi) is 4.61. The highest BCUT2D eigenvalue weighted by molar-refractivity contribution is 9.12. The molecule has 0 aliphatic heterocycles. The summed E-state index contributed by atoms with van der Waals surface area (Å²) in [6.45, 7) is 1.36. The number of esters is 1. The maximum atomic E-state index is 10.8. The molecule has 0 aromatic heterocycles. The molecule has 1 aliphatic rings. The number of rotatable bonds is 1. The van der Waals surface area contributed by atoms with Crippen LogP contribution in [0.25, 0.3) is 0 Å². The highest BCUT2D eigenvalue weighted by Gasteiger charge is 2.37. The van der Waals surface area contributed by atoms with Crippen molar-refractivity contribution in [3.05, 3.63) is 10.6 Å². The standard InChI is InChI=1S/C8H9Br3O3/c1-3(12)14-8-4(9)2-5(13)6(10)7(8)11/h2,5-8,13H,1H3/t5-,6+,7-,8-/m0/s1. The zero-order chi connectivity index (χ0) is 10.9. The van der Waals surface area contributed by atoms with Crippen molar-refractivity contribution >= 4 is 53.8 Å². The maximum absolute atomic E-state index is 10.8. The summed E-state index contributed by atoms with van der Waals surface area (Å²) in [6.07, 6.45) is 0.631. The summed E-state index contributed by atoms with van der Waals surface area (Å²) in [6, 6.07) is 0. The quantitative estimate of drug-likeness (QED) is 0.549. The van der Waals surface area contributed by atoms with Gasteiger partial charge in [0.2, 0.25) is 0 Å². The van der Waals surface area contributed by atoms with E-state index in [1.54, 1.807) is 6.08 Å². The van der Waals surface area contributed by atoms with Gasteiger partial charge in [0.15, 0.2) is 0 Å². The first-order valence-electron chi connectivity index (χ1n) is 3.94. The summed E-state index contributed by atoms with van der Waals surface area (Å²) in [5.74, 6) is -0.346. The first-order valence-corrected chi connectivity index (χ1v) is 6.56. The highest BCUT2D eigenvalue weighted by Crippen LogP contribution is 2.34. The third-order valence-corrected chi connectivity index (χ3v) is 5.40. The van der Waals surface area contributed by atoms with Gasteiger partial charge in [0.1, 0.15) is 6.10 Å². The van der Waals surface area contributed by atoms with Gasteiger partial charge in [-0.2, -0.15) is 0 Å². The number of carbonyl (C=O) groups excluding carboxylic acids is 1. The molecule has 0 spiro atoms. The second-order valence-corrected chi connectivity index (χ2v) is 5.99. The number of carbonyl (C=O) groups is 1. The summed E-state index contributed by atoms with van der Waals surface area (Å²) in [5.41, 5.74) is 0. The molecule has 0 aromatic rings. The van der Waals surface area contributed by atoms with E-state index in [1.807, 2.05) is 0 Å². The average Bonchev–Trinajstić information content (AvgIpc) is 2.09. The van der Waals surface area contributed by atoms with Crippen molar-refractivity contribution in [1.29, 1.82) is 0 Å². The Bertz CT molecular complexity index is 267. The van der Waals surface area contributed by atoms with Gasteiger partial charge in [-0.05, 0) is 6.08 Å². The highest BCUT2D eigenvalue weighted by atomic mass is 79.9. The Morgan fingerprint density at radius 3 is 2.57 bits per heavy atom. The van der Waals surface area contributed by atoms with Crippen molar-refractivity contribution in [2.45, 2.75) is 28.8 Å². The molecule has 14 heavy (non-hydrogen) atoms. The first kappa shape index (κ1) is 12.7. The van der Waals surface area contributed by atoms with Crippen LogP contribution in [-0.2, 0) is 9.53 Å². The zero-order valence-corrected chi connectivity index (χ0v) is 12.0. The van der Waals surface area contributed by atoms with Crippen LogP contribution in [0, 0.1) is 0 Å². The molecule has 80 valence electrons. The second-order valence-electron chi connectivity index (χ2n) is 2.96. The van der Waals surface area contributed by atoms with E-state index < -0.39 is 6.10 Å². The fraction of sp³-hybridized carbons (Fsp3) is 0.625. The van der Waals surface area contributed by atoms with Crippen molar-refractivity contribution in [3.63, 3.8) is 0 Å². The lowest BCUT2D eigenvalue weighted by molar-refractivity contribution is -0.144. The predicted octanol–water partition coefficient (Wildman–Crippen LogP) is 2.10. The molecule has 0 radical (unpaired) electrons. The topological polar surface area (TPSA) is 46.5 Å². The molecule has 0 amide bonds. The first-order chi connectivity index (χ1) is 6.43. The smallest absolute Gasteiger partial charge is 0.303 e. The molecule has 0 bridgehead atoms. The SMILES string of the molecule is CC(=O)O[C@H]1C(Br)=C[C@H](O)[C@@H](Br)[C@@H]1Br. The molecule has 0 fully saturated rings. The van der Waals surface area contributed by atoms with Crippen LogP contribution < -0.4 is 0 Å². The number of halogens is 3. The summed E-state index contributed by atoms with van der Waals surface area (Å²) in [7, 11) is 0. The van der Waals surface area contributed by atoms with E-state index in [0.29, 0.717) is 4.48 Å². The third-order valence-electron chi connectivity index (χ3n) is 1.81. The van der Waals surface area contributed by atoms with Gasteiger partial charge in [-0.15, -0.1) is 0 Å². The molecular formula is C8H9Br3O3. The van der Waals surface area contributed by atoms with Gasteiger partial charge in [0, 0.05) is 11.4 Å². The van der Waals surface area contributed by atoms with Crippen LogP contribution in [0.5, 0.6) is 0 Å². The van der Waals surface area contributed by atoms with Crippen molar-refractivity contribution in [2.75, 3.05) is 0 Å². The fourth-order valence-corrected chi connectivity index (χ4v) is 3.30. The van der Waals surface area contributed by atoms with E-state index in [2.05, 4.69) is 47.8 Å². The maximum Gasteiger partial charge on any atom is 0.303 e. The minimum Gasteiger partial charge on any atom is -0.456 e. The molecular weight excluding hydrogens is 384 g/mol. The van der Waals surface area contributed by atoms with Crippen LogP contribution in [0.3, 0.4) is 0 Å². The number of hydrogen-bond donors (Lipinski definition) is 1. The summed E-state index contributed by atoms with van der Waals surface area (Å²) in [4.78, 5) is 10.5. The van der Waals surface area contributed by atoms with Crippen LogP contribution >= 0.6 is 47.8 Å². The average molecular weight is 393 g/mol. The zero-order valence-electron chi connectivity index (χ0n) is 7.28. The normalized spacial score (nSPS) is 37.6. The lowest BCUT2D eigenvalue weighted by Gasteiger charge is -2.32. The van der Waals surface area contributed by atoms with Gasteiger partial charge in [-0.25, -0.2) is 0 Å². The van der Waals surface area contributed by atoms with Crippen molar-refractivity contribution < 1.29 is 14.6 Å². The van der Waals surface area contributed by atoms with Crippen LogP contribution in [-0.4, -0.2) is 32.9 Å². The molecule has 4 atom stereocenters. The summed E-state index contributed by atoms with van der Waals surface area (Å²) >= 11 is 9.96. The van der Waals surface area contributed by atoms with E-state index in [0.717, 1.165) is 0 Å². The lowest BCUT2D eigenvalue weighted by atomic mass is 10.0. The molecule has 6 heteroatoms. The molecule has 0 saturated heterocycles. The molecule has 0 unspecified atom stereocenters. The van der Waals surface area contributed by atoms with E-state index in [9.17, 15) is 9.90 Å². The van der Waals surface area contributed by atoms with Crippen molar-refractivity contribution in [2.24, 2.45) is 0 Å². The summed E-state index contributed by atoms with van der Waals surface area (Å²) in [5, 5.41) is 9.55. The van der Waals surface area contributed by atoms with E-state index in [1.165, 1.54) is 6.92 Å². The molecule has 0 aromatic carbocycles. The monoisotopic (exact) mass is 390 g/mol. The molecule has 1 rings (SSSR count). The number of hydrogen-bond acceptors (Lipinski definition) is 3. The predicted molar refractivity (Wildman–Crippen MR) is 64.0 cm³/mol. The van der Waals surface area contributed by atoms with Crippen molar-refractivity contribution in [3.8, 4) is 0 Å². The number of alkyl halides is 2. The number of ether oxygens (including phenoxy) is 1. The van der Waals surface area contributed by atoms with Crippen LogP contribution in [0.1, 0.15) is 6.92 Å². The second kappa shape index (κ2) is 5.09. The van der Waals surface area contributed by atoms with Crippen molar-refractivity contribution in [1.82, 2.24) is 0 Å². The van der Waals surface area contributed by atoms with Gasteiger partial charge in [-0.1, -0.05) is 47.8 Å². The Morgan fingerprint density at radius 1 is 1.50 bits per heavy atom. The lowest BCUT2D eigenvalue weighted by Crippen LogP contribution is -2.42. The van der Waals surface area contributed by atoms with E-state index in [4.69, 9.17) is 4.74 Å². The molecule has 0 heterocycles. The van der Waals surface area contributed by atoms with Gasteiger partial charge >= 0.3 is 5.97 Å². The largest absolute Gasteiger partial charge is 0.456 e. The van der Waals surface area contributed by atoms with E-state index in [-0.39, 0.29) is 21.7 Å². The molecule has 1 aliphatic carbocycles.